The maximum Gasteiger partial charge on any atom is 0.457 e. The maximum absolute atomic E-state index is 6.09. The summed E-state index contributed by atoms with van der Waals surface area (Å²) in [5.74, 6) is 1.98. The molecule has 1 saturated heterocycles. The highest BCUT2D eigenvalue weighted by atomic mass is 16.7. The summed E-state index contributed by atoms with van der Waals surface area (Å²) in [5.41, 5.74) is 1.70. The van der Waals surface area contributed by atoms with Gasteiger partial charge in [0.25, 0.3) is 0 Å². The highest BCUT2D eigenvalue weighted by Gasteiger charge is 2.50. The largest absolute Gasteiger partial charge is 0.493 e. The predicted octanol–water partition coefficient (Wildman–Crippen LogP) is 4.60. The molecule has 1 fully saturated rings. The Kier molecular flexibility index (Phi) is 5.55. The van der Waals surface area contributed by atoms with Gasteiger partial charge in [0.15, 0.2) is 11.5 Å². The number of hydrogen-bond acceptors (Lipinski definition) is 4. The van der Waals surface area contributed by atoms with E-state index in [0.29, 0.717) is 5.92 Å². The minimum Gasteiger partial charge on any atom is -0.493 e. The molecule has 2 rings (SSSR count). The van der Waals surface area contributed by atoms with Crippen molar-refractivity contribution in [2.24, 2.45) is 0 Å². The second-order valence-electron chi connectivity index (χ2n) is 7.70. The molecule has 0 aliphatic carbocycles. The van der Waals surface area contributed by atoms with Crippen molar-refractivity contribution in [3.05, 3.63) is 23.3 Å². The van der Waals surface area contributed by atoms with Crippen LogP contribution in [0.5, 0.6) is 11.5 Å². The van der Waals surface area contributed by atoms with Gasteiger partial charge < -0.3 is 18.8 Å². The molecule has 134 valence electrons. The van der Waals surface area contributed by atoms with Gasteiger partial charge in [0.05, 0.1) is 25.4 Å². The third-order valence-corrected chi connectivity index (χ3v) is 5.42. The highest BCUT2D eigenvalue weighted by Crippen LogP contribution is 2.42. The van der Waals surface area contributed by atoms with Gasteiger partial charge in [-0.2, -0.15) is 0 Å². The molecule has 1 aromatic rings. The van der Waals surface area contributed by atoms with Gasteiger partial charge in [0, 0.05) is 5.56 Å². The lowest BCUT2D eigenvalue weighted by atomic mass is 9.78. The number of rotatable bonds is 6. The minimum absolute atomic E-state index is 0.157. The van der Waals surface area contributed by atoms with Crippen molar-refractivity contribution in [3.63, 3.8) is 0 Å². The van der Waals surface area contributed by atoms with Crippen LogP contribution in [-0.2, 0) is 9.31 Å². The first-order chi connectivity index (χ1) is 11.1. The van der Waals surface area contributed by atoms with E-state index in [4.69, 9.17) is 18.8 Å². The fourth-order valence-corrected chi connectivity index (χ4v) is 3.15. The molecule has 1 aromatic carbocycles. The number of benzene rings is 1. The molecule has 0 spiro atoms. The van der Waals surface area contributed by atoms with Crippen LogP contribution in [0.4, 0.5) is 0 Å². The normalized spacial score (nSPS) is 20.1. The molecule has 0 saturated carbocycles. The van der Waals surface area contributed by atoms with Crippen LogP contribution in [-0.4, -0.2) is 32.5 Å². The van der Waals surface area contributed by atoms with Crippen LogP contribution >= 0.6 is 0 Å². The van der Waals surface area contributed by atoms with Crippen LogP contribution in [0.15, 0.2) is 12.1 Å². The zero-order valence-electron chi connectivity index (χ0n) is 16.4. The molecule has 0 N–H and O–H groups in total. The molecule has 1 aliphatic rings. The Balaban J connectivity index is 2.08. The summed E-state index contributed by atoms with van der Waals surface area (Å²) in [6.07, 6.45) is 1.81. The zero-order valence-corrected chi connectivity index (χ0v) is 16.4. The Bertz CT molecular complexity index is 567. The van der Waals surface area contributed by atoms with Crippen molar-refractivity contribution in [3.8, 4) is 11.5 Å². The second-order valence-corrected chi connectivity index (χ2v) is 7.70. The van der Waals surface area contributed by atoms with Gasteiger partial charge in [-0.05, 0) is 58.8 Å². The molecule has 4 nitrogen and oxygen atoms in total. The maximum atomic E-state index is 6.09. The molecular weight excluding hydrogens is 303 g/mol. The van der Waals surface area contributed by atoms with Crippen molar-refractivity contribution in [1.29, 1.82) is 0 Å². The Hall–Kier alpha value is -1.20. The molecule has 0 bridgehead atoms. The summed E-state index contributed by atoms with van der Waals surface area (Å²) in [4.78, 5) is 0. The van der Waals surface area contributed by atoms with Crippen LogP contribution in [0.3, 0.4) is 0 Å². The Labute approximate surface area is 147 Å². The van der Waals surface area contributed by atoms with Crippen LogP contribution in [0.1, 0.15) is 58.1 Å². The summed E-state index contributed by atoms with van der Waals surface area (Å²) in [7, 11) is 3.22. The summed E-state index contributed by atoms with van der Waals surface area (Å²) in [5, 5.41) is 0. The van der Waals surface area contributed by atoms with Gasteiger partial charge in [-0.15, -0.1) is 0 Å². The van der Waals surface area contributed by atoms with E-state index in [9.17, 15) is 0 Å². The van der Waals surface area contributed by atoms with E-state index in [2.05, 4.69) is 46.8 Å². The van der Waals surface area contributed by atoms with Crippen molar-refractivity contribution in [2.75, 3.05) is 14.2 Å². The number of methoxy groups -OCH3 is 2. The fraction of sp³-hybridized carbons (Fsp3) is 0.684. The zero-order chi connectivity index (χ0) is 18.1. The molecule has 1 atom stereocenters. The van der Waals surface area contributed by atoms with Gasteiger partial charge in [0.1, 0.15) is 0 Å². The Morgan fingerprint density at radius 1 is 1.00 bits per heavy atom. The minimum atomic E-state index is -0.272. The topological polar surface area (TPSA) is 36.9 Å². The SMILES string of the molecule is COc1c(C)ccc([C@@H](C)CCB2OC(C)(C)C(C)(C)O2)c1OC. The van der Waals surface area contributed by atoms with Gasteiger partial charge in [-0.1, -0.05) is 19.1 Å². The summed E-state index contributed by atoms with van der Waals surface area (Å²) in [6, 6.07) is 4.22. The molecule has 5 heteroatoms. The lowest BCUT2D eigenvalue weighted by Gasteiger charge is -2.32. The van der Waals surface area contributed by atoms with Gasteiger partial charge in [-0.3, -0.25) is 0 Å². The monoisotopic (exact) mass is 334 g/mol. The van der Waals surface area contributed by atoms with Crippen molar-refractivity contribution < 1.29 is 18.8 Å². The van der Waals surface area contributed by atoms with E-state index in [1.54, 1.807) is 14.2 Å². The van der Waals surface area contributed by atoms with Crippen molar-refractivity contribution in [2.45, 2.75) is 71.4 Å². The number of hydrogen-bond donors (Lipinski definition) is 0. The molecule has 24 heavy (non-hydrogen) atoms. The predicted molar refractivity (Wildman–Crippen MR) is 98.2 cm³/mol. The molecule has 1 heterocycles. The van der Waals surface area contributed by atoms with Gasteiger partial charge in [0.2, 0.25) is 0 Å². The van der Waals surface area contributed by atoms with Crippen molar-refractivity contribution >= 4 is 7.12 Å². The lowest BCUT2D eigenvalue weighted by Crippen LogP contribution is -2.41. The van der Waals surface area contributed by atoms with Crippen LogP contribution in [0.25, 0.3) is 0 Å². The first-order valence-electron chi connectivity index (χ1n) is 8.70. The molecule has 0 unspecified atom stereocenters. The van der Waals surface area contributed by atoms with E-state index < -0.39 is 0 Å². The lowest BCUT2D eigenvalue weighted by molar-refractivity contribution is 0.00578. The van der Waals surface area contributed by atoms with Crippen LogP contribution in [0, 0.1) is 6.92 Å². The first-order valence-corrected chi connectivity index (χ1v) is 8.70. The molecule has 0 amide bonds. The average Bonchev–Trinajstić information content (AvgIpc) is 2.71. The van der Waals surface area contributed by atoms with Crippen LogP contribution in [0.2, 0.25) is 6.32 Å². The third-order valence-electron chi connectivity index (χ3n) is 5.42. The summed E-state index contributed by atoms with van der Waals surface area (Å²) >= 11 is 0. The van der Waals surface area contributed by atoms with Gasteiger partial charge in [-0.25, -0.2) is 0 Å². The van der Waals surface area contributed by atoms with E-state index in [-0.39, 0.29) is 18.3 Å². The number of aryl methyl sites for hydroxylation is 1. The highest BCUT2D eigenvalue weighted by molar-refractivity contribution is 6.45. The smallest absolute Gasteiger partial charge is 0.457 e. The molecule has 0 aromatic heterocycles. The van der Waals surface area contributed by atoms with E-state index in [0.717, 1.165) is 35.4 Å². The third kappa shape index (κ3) is 3.57. The van der Waals surface area contributed by atoms with Gasteiger partial charge >= 0.3 is 7.12 Å². The Morgan fingerprint density at radius 3 is 2.04 bits per heavy atom. The average molecular weight is 334 g/mol. The number of ether oxygens (including phenoxy) is 2. The van der Waals surface area contributed by atoms with Crippen molar-refractivity contribution in [1.82, 2.24) is 0 Å². The van der Waals surface area contributed by atoms with E-state index in [1.165, 1.54) is 0 Å². The molecular formula is C19H31BO4. The van der Waals surface area contributed by atoms with Crippen LogP contribution < -0.4 is 9.47 Å². The standard InChI is InChI=1S/C19H31BO4/c1-13(11-12-20-23-18(3,4)19(5,6)24-20)15-10-9-14(2)16(21-7)17(15)22-8/h9-10,13H,11-12H2,1-8H3/t13-/m0/s1. The quantitative estimate of drug-likeness (QED) is 0.713. The summed E-state index contributed by atoms with van der Waals surface area (Å²) < 4.78 is 23.3. The molecule has 1 aliphatic heterocycles. The van der Waals surface area contributed by atoms with E-state index in [1.807, 2.05) is 6.92 Å². The fourth-order valence-electron chi connectivity index (χ4n) is 3.15. The van der Waals surface area contributed by atoms with E-state index >= 15 is 0 Å². The first kappa shape index (κ1) is 19.1. The second kappa shape index (κ2) is 6.97. The summed E-state index contributed by atoms with van der Waals surface area (Å²) in [6.45, 7) is 12.6. The molecule has 0 radical (unpaired) electrons. The Morgan fingerprint density at radius 2 is 1.54 bits per heavy atom.